The maximum absolute atomic E-state index is 12.3. The summed E-state index contributed by atoms with van der Waals surface area (Å²) in [5.74, 6) is -0.248. The zero-order valence-electron chi connectivity index (χ0n) is 14.8. The smallest absolute Gasteiger partial charge is 0.410 e. The normalized spacial score (nSPS) is 21.5. The first kappa shape index (κ1) is 19.3. The van der Waals surface area contributed by atoms with Gasteiger partial charge in [0, 0.05) is 33.5 Å². The van der Waals surface area contributed by atoms with E-state index >= 15 is 0 Å². The number of carbonyl (C=O) groups is 3. The van der Waals surface area contributed by atoms with Crippen molar-refractivity contribution in [1.82, 2.24) is 15.5 Å². The molecule has 3 amide bonds. The summed E-state index contributed by atoms with van der Waals surface area (Å²) in [7, 11) is 0. The van der Waals surface area contributed by atoms with Crippen LogP contribution in [0.4, 0.5) is 4.79 Å². The zero-order chi connectivity index (χ0) is 17.7. The van der Waals surface area contributed by atoms with Crippen LogP contribution in [0.1, 0.15) is 53.9 Å². The lowest BCUT2D eigenvalue weighted by atomic mass is 9.85. The molecule has 132 valence electrons. The van der Waals surface area contributed by atoms with Gasteiger partial charge in [0.05, 0.1) is 5.54 Å². The molecule has 0 aromatic heterocycles. The van der Waals surface area contributed by atoms with Gasteiger partial charge >= 0.3 is 6.09 Å². The highest BCUT2D eigenvalue weighted by Crippen LogP contribution is 2.26. The van der Waals surface area contributed by atoms with Crippen molar-refractivity contribution in [3.8, 4) is 0 Å². The van der Waals surface area contributed by atoms with Crippen LogP contribution in [0.2, 0.25) is 0 Å². The standard InChI is InChI=1S/C16H29N3O4/c1-12(20)17-9-8-16(18-13(2)21)7-6-10-19(11-16)14(22)23-15(3,4)5/h6-11H2,1-5H3,(H,17,20)(H,18,21). The van der Waals surface area contributed by atoms with Crippen molar-refractivity contribution >= 4 is 17.9 Å². The molecule has 0 saturated carbocycles. The quantitative estimate of drug-likeness (QED) is 0.817. The molecule has 0 aliphatic carbocycles. The van der Waals surface area contributed by atoms with Gasteiger partial charge in [-0.25, -0.2) is 4.79 Å². The van der Waals surface area contributed by atoms with Crippen LogP contribution in [0, 0.1) is 0 Å². The summed E-state index contributed by atoms with van der Waals surface area (Å²) in [6.45, 7) is 9.85. The average Bonchev–Trinajstić information content (AvgIpc) is 2.35. The minimum Gasteiger partial charge on any atom is -0.444 e. The average molecular weight is 327 g/mol. The van der Waals surface area contributed by atoms with Gasteiger partial charge in [-0.2, -0.15) is 0 Å². The molecule has 0 bridgehead atoms. The fourth-order valence-corrected chi connectivity index (χ4v) is 2.83. The van der Waals surface area contributed by atoms with Crippen LogP contribution in [-0.2, 0) is 14.3 Å². The van der Waals surface area contributed by atoms with Crippen LogP contribution in [0.15, 0.2) is 0 Å². The van der Waals surface area contributed by atoms with Crippen LogP contribution < -0.4 is 10.6 Å². The minimum absolute atomic E-state index is 0.109. The Morgan fingerprint density at radius 1 is 1.17 bits per heavy atom. The number of rotatable bonds is 4. The Morgan fingerprint density at radius 2 is 1.83 bits per heavy atom. The van der Waals surface area contributed by atoms with Crippen molar-refractivity contribution in [2.75, 3.05) is 19.6 Å². The fourth-order valence-electron chi connectivity index (χ4n) is 2.83. The fraction of sp³-hybridized carbons (Fsp3) is 0.812. The van der Waals surface area contributed by atoms with Gasteiger partial charge in [-0.05, 0) is 40.0 Å². The molecule has 1 heterocycles. The van der Waals surface area contributed by atoms with Gasteiger partial charge in [0.15, 0.2) is 0 Å². The molecule has 0 aromatic carbocycles. The lowest BCUT2D eigenvalue weighted by molar-refractivity contribution is -0.121. The topological polar surface area (TPSA) is 87.7 Å². The van der Waals surface area contributed by atoms with Crippen molar-refractivity contribution in [3.05, 3.63) is 0 Å². The molecule has 1 atom stereocenters. The van der Waals surface area contributed by atoms with Gasteiger partial charge < -0.3 is 20.3 Å². The third-order valence-corrected chi connectivity index (χ3v) is 3.65. The second-order valence-corrected chi connectivity index (χ2v) is 7.20. The molecule has 2 N–H and O–H groups in total. The van der Waals surface area contributed by atoms with E-state index in [0.29, 0.717) is 26.1 Å². The highest BCUT2D eigenvalue weighted by atomic mass is 16.6. The van der Waals surface area contributed by atoms with E-state index in [9.17, 15) is 14.4 Å². The summed E-state index contributed by atoms with van der Waals surface area (Å²) in [4.78, 5) is 36.6. The van der Waals surface area contributed by atoms with Crippen LogP contribution in [0.25, 0.3) is 0 Å². The van der Waals surface area contributed by atoms with Crippen molar-refractivity contribution in [2.45, 2.75) is 65.0 Å². The van der Waals surface area contributed by atoms with Crippen LogP contribution in [-0.4, -0.2) is 53.6 Å². The molecule has 1 aliphatic rings. The number of hydrogen-bond acceptors (Lipinski definition) is 4. The number of carbonyl (C=O) groups excluding carboxylic acids is 3. The number of piperidine rings is 1. The minimum atomic E-state index is -0.554. The Bertz CT molecular complexity index is 459. The van der Waals surface area contributed by atoms with Gasteiger partial charge in [-0.15, -0.1) is 0 Å². The Kier molecular flexibility index (Phi) is 6.41. The van der Waals surface area contributed by atoms with E-state index in [-0.39, 0.29) is 17.9 Å². The predicted octanol–water partition coefficient (Wildman–Crippen LogP) is 1.42. The van der Waals surface area contributed by atoms with Crippen molar-refractivity contribution < 1.29 is 19.1 Å². The first-order valence-corrected chi connectivity index (χ1v) is 8.04. The number of ether oxygens (including phenoxy) is 1. The van der Waals surface area contributed by atoms with Crippen LogP contribution >= 0.6 is 0 Å². The highest BCUT2D eigenvalue weighted by molar-refractivity contribution is 5.74. The van der Waals surface area contributed by atoms with Gasteiger partial charge in [0.1, 0.15) is 5.60 Å². The number of hydrogen-bond donors (Lipinski definition) is 2. The van der Waals surface area contributed by atoms with Gasteiger partial charge in [-0.1, -0.05) is 0 Å². The maximum Gasteiger partial charge on any atom is 0.410 e. The molecule has 1 fully saturated rings. The number of nitrogens with one attached hydrogen (secondary N) is 2. The first-order valence-electron chi connectivity index (χ1n) is 8.04. The Labute approximate surface area is 138 Å². The molecule has 7 nitrogen and oxygen atoms in total. The van der Waals surface area contributed by atoms with E-state index in [1.54, 1.807) is 4.90 Å². The van der Waals surface area contributed by atoms with E-state index in [1.807, 2.05) is 20.8 Å². The SMILES string of the molecule is CC(=O)NCCC1(NC(C)=O)CCCN(C(=O)OC(C)(C)C)C1. The van der Waals surface area contributed by atoms with Crippen LogP contribution in [0.5, 0.6) is 0 Å². The molecule has 0 aromatic rings. The summed E-state index contributed by atoms with van der Waals surface area (Å²) in [5.41, 5.74) is -1.08. The van der Waals surface area contributed by atoms with Crippen molar-refractivity contribution in [1.29, 1.82) is 0 Å². The molecular formula is C16H29N3O4. The molecule has 23 heavy (non-hydrogen) atoms. The second kappa shape index (κ2) is 7.66. The Morgan fingerprint density at radius 3 is 2.35 bits per heavy atom. The second-order valence-electron chi connectivity index (χ2n) is 7.20. The lowest BCUT2D eigenvalue weighted by Crippen LogP contribution is -2.60. The van der Waals surface area contributed by atoms with Gasteiger partial charge in [0.25, 0.3) is 0 Å². The summed E-state index contributed by atoms with van der Waals surface area (Å²) >= 11 is 0. The van der Waals surface area contributed by atoms with E-state index in [0.717, 1.165) is 12.8 Å². The van der Waals surface area contributed by atoms with E-state index in [4.69, 9.17) is 4.74 Å². The molecule has 1 rings (SSSR count). The molecular weight excluding hydrogens is 298 g/mol. The number of amides is 3. The zero-order valence-corrected chi connectivity index (χ0v) is 14.8. The summed E-state index contributed by atoms with van der Waals surface area (Å²) < 4.78 is 5.42. The third-order valence-electron chi connectivity index (χ3n) is 3.65. The van der Waals surface area contributed by atoms with Crippen molar-refractivity contribution in [3.63, 3.8) is 0 Å². The first-order chi connectivity index (χ1) is 10.5. The monoisotopic (exact) mass is 327 g/mol. The summed E-state index contributed by atoms with van der Waals surface area (Å²) in [6.07, 6.45) is 1.75. The van der Waals surface area contributed by atoms with E-state index < -0.39 is 11.1 Å². The molecule has 1 saturated heterocycles. The predicted molar refractivity (Wildman–Crippen MR) is 86.9 cm³/mol. The maximum atomic E-state index is 12.3. The van der Waals surface area contributed by atoms with E-state index in [1.165, 1.54) is 13.8 Å². The molecule has 0 spiro atoms. The largest absolute Gasteiger partial charge is 0.444 e. The number of likely N-dealkylation sites (tertiary alicyclic amines) is 1. The Hall–Kier alpha value is -1.79. The van der Waals surface area contributed by atoms with Gasteiger partial charge in [-0.3, -0.25) is 9.59 Å². The molecule has 1 unspecified atom stereocenters. The van der Waals surface area contributed by atoms with Crippen molar-refractivity contribution in [2.24, 2.45) is 0 Å². The third kappa shape index (κ3) is 6.88. The van der Waals surface area contributed by atoms with Gasteiger partial charge in [0.2, 0.25) is 11.8 Å². The van der Waals surface area contributed by atoms with E-state index in [2.05, 4.69) is 10.6 Å². The Balaban J connectivity index is 2.78. The molecule has 1 aliphatic heterocycles. The summed E-state index contributed by atoms with van der Waals surface area (Å²) in [5, 5.41) is 5.73. The highest BCUT2D eigenvalue weighted by Gasteiger charge is 2.38. The molecule has 7 heteroatoms. The summed E-state index contributed by atoms with van der Waals surface area (Å²) in [6, 6.07) is 0. The molecule has 0 radical (unpaired) electrons. The lowest BCUT2D eigenvalue weighted by Gasteiger charge is -2.43. The van der Waals surface area contributed by atoms with Crippen LogP contribution in [0.3, 0.4) is 0 Å². The number of nitrogens with zero attached hydrogens (tertiary/aromatic N) is 1.